The van der Waals surface area contributed by atoms with Gasteiger partial charge in [-0.25, -0.2) is 9.69 Å². The molecular weight excluding hydrogens is 706 g/mol. The fourth-order valence-corrected chi connectivity index (χ4v) is 9.26. The molecule has 1 saturated heterocycles. The van der Waals surface area contributed by atoms with Crippen LogP contribution in [0.1, 0.15) is 53.1 Å². The van der Waals surface area contributed by atoms with Crippen molar-refractivity contribution in [3.8, 4) is 0 Å². The SMILES string of the molecule is CCOC(=O)c1ccc(NC(=O)Cn2c3c(sc2=O)[C@H](c2ccc(N(CC)CC)cc2)C2C(=O)N(c4ccccc4C(F)(F)F)C(=O)C2S3)cc1. The normalized spacial score (nSPS) is 18.3. The summed E-state index contributed by atoms with van der Waals surface area (Å²) in [6, 6.07) is 17.8. The van der Waals surface area contributed by atoms with Gasteiger partial charge in [-0.15, -0.1) is 0 Å². The summed E-state index contributed by atoms with van der Waals surface area (Å²) in [7, 11) is 0. The average Bonchev–Trinajstić information content (AvgIpc) is 3.55. The van der Waals surface area contributed by atoms with E-state index in [2.05, 4.69) is 10.2 Å². The topological polar surface area (TPSA) is 118 Å². The number of aromatic nitrogens is 1. The number of thiazole rings is 1. The van der Waals surface area contributed by atoms with Crippen LogP contribution in [0.3, 0.4) is 0 Å². The van der Waals surface area contributed by atoms with Crippen molar-refractivity contribution in [2.75, 3.05) is 34.8 Å². The molecule has 1 N–H and O–H groups in total. The Labute approximate surface area is 299 Å². The number of amides is 3. The highest BCUT2D eigenvalue weighted by Crippen LogP contribution is 2.54. The minimum absolute atomic E-state index is 0.206. The molecule has 0 saturated carbocycles. The monoisotopic (exact) mass is 738 g/mol. The lowest BCUT2D eigenvalue weighted by atomic mass is 9.83. The summed E-state index contributed by atoms with van der Waals surface area (Å²) in [5, 5.41) is 1.82. The fourth-order valence-electron chi connectivity index (χ4n) is 6.49. The van der Waals surface area contributed by atoms with Crippen molar-refractivity contribution in [2.45, 2.75) is 49.7 Å². The highest BCUT2D eigenvalue weighted by atomic mass is 32.2. The summed E-state index contributed by atoms with van der Waals surface area (Å²) < 4.78 is 48.5. The molecule has 0 bridgehead atoms. The number of hydrogen-bond acceptors (Lipinski definition) is 9. The Kier molecular flexibility index (Phi) is 10.1. The Hall–Kier alpha value is -4.89. The molecule has 15 heteroatoms. The Bertz CT molecular complexity index is 2040. The van der Waals surface area contributed by atoms with E-state index in [-0.39, 0.29) is 6.61 Å². The first-order chi connectivity index (χ1) is 24.4. The number of nitrogens with zero attached hydrogens (tertiary/aromatic N) is 3. The number of anilines is 3. The summed E-state index contributed by atoms with van der Waals surface area (Å²) >= 11 is 1.75. The van der Waals surface area contributed by atoms with Crippen molar-refractivity contribution in [1.29, 1.82) is 0 Å². The molecule has 4 aromatic rings. The highest BCUT2D eigenvalue weighted by molar-refractivity contribution is 8.00. The highest BCUT2D eigenvalue weighted by Gasteiger charge is 2.57. The average molecular weight is 739 g/mol. The molecule has 3 heterocycles. The number of benzene rings is 3. The van der Waals surface area contributed by atoms with Gasteiger partial charge in [-0.2, -0.15) is 13.2 Å². The molecule has 3 atom stereocenters. The van der Waals surface area contributed by atoms with Crippen molar-refractivity contribution in [3.63, 3.8) is 0 Å². The van der Waals surface area contributed by atoms with Crippen LogP contribution < -0.4 is 20.0 Å². The number of imide groups is 1. The van der Waals surface area contributed by atoms with E-state index in [1.54, 1.807) is 19.1 Å². The van der Waals surface area contributed by atoms with E-state index in [1.165, 1.54) is 41.0 Å². The van der Waals surface area contributed by atoms with Crippen LogP contribution in [-0.4, -0.2) is 53.2 Å². The second-order valence-electron chi connectivity index (χ2n) is 11.8. The first-order valence-corrected chi connectivity index (χ1v) is 17.9. The molecule has 6 rings (SSSR count). The zero-order valence-corrected chi connectivity index (χ0v) is 29.4. The number of esters is 1. The van der Waals surface area contributed by atoms with Crippen molar-refractivity contribution >= 4 is 63.9 Å². The lowest BCUT2D eigenvalue weighted by Gasteiger charge is -2.31. The van der Waals surface area contributed by atoms with E-state index < -0.39 is 69.6 Å². The van der Waals surface area contributed by atoms with Crippen molar-refractivity contribution in [2.24, 2.45) is 5.92 Å². The molecule has 3 aromatic carbocycles. The van der Waals surface area contributed by atoms with Crippen LogP contribution in [0.4, 0.5) is 30.2 Å². The molecule has 0 aliphatic carbocycles. The van der Waals surface area contributed by atoms with E-state index in [0.29, 0.717) is 31.6 Å². The lowest BCUT2D eigenvalue weighted by molar-refractivity contribution is -0.137. The first kappa shape index (κ1) is 35.9. The summed E-state index contributed by atoms with van der Waals surface area (Å²) in [5.41, 5.74) is 0.503. The summed E-state index contributed by atoms with van der Waals surface area (Å²) in [5.74, 6) is -4.69. The third-order valence-electron chi connectivity index (χ3n) is 8.86. The Morgan fingerprint density at radius 3 is 2.20 bits per heavy atom. The first-order valence-electron chi connectivity index (χ1n) is 16.2. The number of carbonyl (C=O) groups is 4. The fraction of sp³-hybridized carbons (Fsp3) is 0.306. The second-order valence-corrected chi connectivity index (χ2v) is 13.9. The molecule has 2 aliphatic rings. The van der Waals surface area contributed by atoms with Gasteiger partial charge in [0.15, 0.2) is 0 Å². The Morgan fingerprint density at radius 2 is 1.57 bits per heavy atom. The van der Waals surface area contributed by atoms with E-state index in [4.69, 9.17) is 4.74 Å². The van der Waals surface area contributed by atoms with Crippen LogP contribution in [0.25, 0.3) is 0 Å². The van der Waals surface area contributed by atoms with Crippen molar-refractivity contribution < 1.29 is 37.1 Å². The molecule has 1 fully saturated rings. The molecule has 0 spiro atoms. The van der Waals surface area contributed by atoms with Gasteiger partial charge in [-0.05, 0) is 74.9 Å². The summed E-state index contributed by atoms with van der Waals surface area (Å²) in [4.78, 5) is 69.7. The van der Waals surface area contributed by atoms with E-state index in [0.717, 1.165) is 54.0 Å². The predicted octanol–water partition coefficient (Wildman–Crippen LogP) is 6.39. The van der Waals surface area contributed by atoms with E-state index in [1.807, 2.05) is 26.0 Å². The van der Waals surface area contributed by atoms with Gasteiger partial charge < -0.3 is 15.0 Å². The number of halogens is 3. The maximum Gasteiger partial charge on any atom is 0.418 e. The van der Waals surface area contributed by atoms with Gasteiger partial charge in [0.1, 0.15) is 11.8 Å². The standard InChI is InChI=1S/C36H33F3N4O6S2/c1-4-41(5-2)23-17-13-20(14-18-23)27-28-29(32(46)43(31(28)45)25-10-8-7-9-24(25)36(37,38)39)50-33-30(27)51-35(48)42(33)19-26(44)40-22-15-11-21(12-16-22)34(47)49-6-3/h7-18,27-29H,4-6,19H2,1-3H3,(H,40,44)/t27-,28?,29?/m1/s1. The largest absolute Gasteiger partial charge is 0.462 e. The lowest BCUT2D eigenvalue weighted by Crippen LogP contribution is -2.33. The summed E-state index contributed by atoms with van der Waals surface area (Å²) in [6.07, 6.45) is -4.83. The third kappa shape index (κ3) is 6.79. The number of thioether (sulfide) groups is 1. The molecule has 10 nitrogen and oxygen atoms in total. The number of ether oxygens (including phenoxy) is 1. The third-order valence-corrected chi connectivity index (χ3v) is 11.5. The van der Waals surface area contributed by atoms with Gasteiger partial charge in [0.25, 0.3) is 0 Å². The number of carbonyl (C=O) groups excluding carboxylic acids is 4. The molecule has 3 amide bonds. The van der Waals surface area contributed by atoms with E-state index >= 15 is 0 Å². The Balaban J connectivity index is 1.38. The minimum Gasteiger partial charge on any atom is -0.462 e. The smallest absolute Gasteiger partial charge is 0.418 e. The van der Waals surface area contributed by atoms with E-state index in [9.17, 15) is 37.1 Å². The molecule has 0 radical (unpaired) electrons. The molecule has 1 aromatic heterocycles. The van der Waals surface area contributed by atoms with Gasteiger partial charge in [0.2, 0.25) is 17.7 Å². The molecule has 2 unspecified atom stereocenters. The number of para-hydroxylation sites is 1. The molecule has 266 valence electrons. The van der Waals surface area contributed by atoms with Crippen LogP contribution in [0.2, 0.25) is 0 Å². The van der Waals surface area contributed by atoms with Gasteiger partial charge in [0, 0.05) is 35.3 Å². The van der Waals surface area contributed by atoms with Crippen molar-refractivity contribution in [1.82, 2.24) is 4.57 Å². The van der Waals surface area contributed by atoms with Crippen LogP contribution >= 0.6 is 23.1 Å². The summed E-state index contributed by atoms with van der Waals surface area (Å²) in [6.45, 7) is 6.96. The van der Waals surface area contributed by atoms with Crippen LogP contribution in [-0.2, 0) is 31.8 Å². The molecule has 51 heavy (non-hydrogen) atoms. The zero-order chi connectivity index (χ0) is 36.6. The molecular formula is C36H33F3N4O6S2. The Morgan fingerprint density at radius 1 is 0.902 bits per heavy atom. The molecule has 2 aliphatic heterocycles. The second kappa shape index (κ2) is 14.4. The van der Waals surface area contributed by atoms with Gasteiger partial charge in [-0.3, -0.25) is 23.7 Å². The number of nitrogens with one attached hydrogen (secondary N) is 1. The van der Waals surface area contributed by atoms with Gasteiger partial charge in [-0.1, -0.05) is 47.4 Å². The number of alkyl halides is 3. The van der Waals surface area contributed by atoms with Crippen LogP contribution in [0, 0.1) is 5.92 Å². The van der Waals surface area contributed by atoms with Crippen LogP contribution in [0.15, 0.2) is 82.6 Å². The number of fused-ring (bicyclic) bond motifs is 2. The quantitative estimate of drug-likeness (QED) is 0.147. The minimum atomic E-state index is -4.83. The number of rotatable bonds is 10. The van der Waals surface area contributed by atoms with Gasteiger partial charge >= 0.3 is 17.0 Å². The maximum atomic E-state index is 14.2. The van der Waals surface area contributed by atoms with Crippen LogP contribution in [0.5, 0.6) is 0 Å². The maximum absolute atomic E-state index is 14.2. The van der Waals surface area contributed by atoms with Crippen molar-refractivity contribution in [3.05, 3.63) is 104 Å². The predicted molar refractivity (Wildman–Crippen MR) is 189 cm³/mol. The number of hydrogen-bond donors (Lipinski definition) is 1. The zero-order valence-electron chi connectivity index (χ0n) is 27.7. The van der Waals surface area contributed by atoms with Gasteiger partial charge in [0.05, 0.1) is 34.4 Å².